The number of carbonyl (C=O) groups excluding carboxylic acids is 2. The molecule has 9 heteroatoms. The molecule has 0 bridgehead atoms. The summed E-state index contributed by atoms with van der Waals surface area (Å²) in [5, 5.41) is 11.6. The van der Waals surface area contributed by atoms with Crippen molar-refractivity contribution >= 4 is 40.7 Å². The summed E-state index contributed by atoms with van der Waals surface area (Å²) in [5.41, 5.74) is 4.22. The summed E-state index contributed by atoms with van der Waals surface area (Å²) in [7, 11) is 3.41. The predicted octanol–water partition coefficient (Wildman–Crippen LogP) is 3.25. The Kier molecular flexibility index (Phi) is 10.0. The maximum atomic E-state index is 14.0. The number of piperazine rings is 1. The van der Waals surface area contributed by atoms with Crippen LogP contribution >= 0.6 is 12.4 Å². The first-order valence-corrected chi connectivity index (χ1v) is 13.9. The number of anilines is 1. The monoisotopic (exact) mass is 565 g/mol. The van der Waals surface area contributed by atoms with Crippen molar-refractivity contribution in [1.29, 1.82) is 0 Å². The van der Waals surface area contributed by atoms with Gasteiger partial charge < -0.3 is 25.6 Å². The zero-order valence-electron chi connectivity index (χ0n) is 23.5. The summed E-state index contributed by atoms with van der Waals surface area (Å²) < 4.78 is 5.81. The van der Waals surface area contributed by atoms with Crippen LogP contribution in [0.2, 0.25) is 0 Å². The Hall–Kier alpha value is -3.17. The Morgan fingerprint density at radius 3 is 2.62 bits per heavy atom. The highest BCUT2D eigenvalue weighted by Gasteiger charge is 2.33. The number of nitrogens with zero attached hydrogens (tertiary/aromatic N) is 2. The molecule has 1 saturated heterocycles. The Morgan fingerprint density at radius 1 is 1.10 bits per heavy atom. The molecule has 0 radical (unpaired) electrons. The van der Waals surface area contributed by atoms with E-state index in [0.29, 0.717) is 19.4 Å². The Morgan fingerprint density at radius 2 is 1.88 bits per heavy atom. The quantitative estimate of drug-likeness (QED) is 0.389. The number of likely N-dealkylation sites (N-methyl/N-ethyl adjacent to an activating group) is 1. The number of halogens is 1. The molecule has 0 aromatic heterocycles. The van der Waals surface area contributed by atoms with Gasteiger partial charge in [0.1, 0.15) is 11.8 Å². The maximum absolute atomic E-state index is 14.0. The van der Waals surface area contributed by atoms with Gasteiger partial charge in [0.2, 0.25) is 11.8 Å². The van der Waals surface area contributed by atoms with E-state index in [1.165, 1.54) is 5.56 Å². The van der Waals surface area contributed by atoms with Crippen LogP contribution < -0.4 is 25.6 Å². The van der Waals surface area contributed by atoms with Crippen LogP contribution in [0, 0.1) is 0 Å². The molecule has 214 valence electrons. The van der Waals surface area contributed by atoms with Crippen molar-refractivity contribution in [3.8, 4) is 5.75 Å². The van der Waals surface area contributed by atoms with Crippen LogP contribution in [0.25, 0.3) is 10.8 Å². The van der Waals surface area contributed by atoms with Crippen LogP contribution in [0.5, 0.6) is 5.75 Å². The maximum Gasteiger partial charge on any atom is 0.249 e. The summed E-state index contributed by atoms with van der Waals surface area (Å²) >= 11 is 0. The summed E-state index contributed by atoms with van der Waals surface area (Å²) in [6.07, 6.45) is 1.26. The van der Waals surface area contributed by atoms with E-state index in [4.69, 9.17) is 4.74 Å². The number of benzene rings is 3. The minimum Gasteiger partial charge on any atom is -0.496 e. The molecule has 0 aliphatic carbocycles. The van der Waals surface area contributed by atoms with Crippen LogP contribution in [-0.4, -0.2) is 69.1 Å². The van der Waals surface area contributed by atoms with Gasteiger partial charge in [-0.25, -0.2) is 0 Å². The number of carbonyl (C=O) groups is 2. The Bertz CT molecular complexity index is 1340. The molecule has 40 heavy (non-hydrogen) atoms. The first-order chi connectivity index (χ1) is 19.0. The van der Waals surface area contributed by atoms with Gasteiger partial charge in [0.05, 0.1) is 19.7 Å². The van der Waals surface area contributed by atoms with Crippen molar-refractivity contribution in [2.24, 2.45) is 0 Å². The van der Waals surface area contributed by atoms with E-state index >= 15 is 0 Å². The average molecular weight is 566 g/mol. The third kappa shape index (κ3) is 6.41. The van der Waals surface area contributed by atoms with Crippen molar-refractivity contribution in [2.45, 2.75) is 44.9 Å². The number of aryl methyl sites for hydroxylation is 1. The van der Waals surface area contributed by atoms with Gasteiger partial charge in [-0.05, 0) is 66.9 Å². The van der Waals surface area contributed by atoms with Crippen LogP contribution in [0.1, 0.15) is 30.0 Å². The lowest BCUT2D eigenvalue weighted by Gasteiger charge is -2.28. The fourth-order valence-corrected chi connectivity index (χ4v) is 5.60. The number of hydrogen-bond donors (Lipinski definition) is 3. The minimum atomic E-state index is -0.604. The van der Waals surface area contributed by atoms with E-state index in [2.05, 4.69) is 51.2 Å². The molecular formula is C31H40ClN5O3. The summed E-state index contributed by atoms with van der Waals surface area (Å²) in [6.45, 7) is 7.21. The third-order valence-corrected chi connectivity index (χ3v) is 8.00. The summed E-state index contributed by atoms with van der Waals surface area (Å²) in [6, 6.07) is 17.7. The van der Waals surface area contributed by atoms with Crippen molar-refractivity contribution in [2.75, 3.05) is 45.2 Å². The first kappa shape index (κ1) is 29.8. The molecule has 2 atom stereocenters. The van der Waals surface area contributed by atoms with Crippen LogP contribution in [-0.2, 0) is 29.1 Å². The van der Waals surface area contributed by atoms with Crippen molar-refractivity contribution in [3.05, 3.63) is 71.3 Å². The predicted molar refractivity (Wildman–Crippen MR) is 162 cm³/mol. The van der Waals surface area contributed by atoms with Crippen molar-refractivity contribution < 1.29 is 14.3 Å². The Balaban J connectivity index is 0.00000370. The molecule has 2 aliphatic heterocycles. The fourth-order valence-electron chi connectivity index (χ4n) is 5.60. The number of para-hydroxylation sites is 1. The second-order valence-electron chi connectivity index (χ2n) is 10.5. The highest BCUT2D eigenvalue weighted by atomic mass is 35.5. The lowest BCUT2D eigenvalue weighted by Crippen LogP contribution is -2.52. The lowest BCUT2D eigenvalue weighted by atomic mass is 9.99. The number of fused-ring (bicyclic) bond motifs is 2. The number of methoxy groups -OCH3 is 1. The number of rotatable bonds is 8. The van der Waals surface area contributed by atoms with E-state index < -0.39 is 6.04 Å². The molecule has 8 nitrogen and oxygen atoms in total. The van der Waals surface area contributed by atoms with Gasteiger partial charge in [-0.1, -0.05) is 36.4 Å². The van der Waals surface area contributed by atoms with Gasteiger partial charge in [-0.15, -0.1) is 12.4 Å². The molecule has 0 saturated carbocycles. The van der Waals surface area contributed by atoms with E-state index in [1.807, 2.05) is 29.2 Å². The van der Waals surface area contributed by atoms with E-state index in [1.54, 1.807) is 21.1 Å². The zero-order valence-corrected chi connectivity index (χ0v) is 24.4. The normalized spacial score (nSPS) is 18.4. The molecule has 1 fully saturated rings. The standard InChI is InChI=1S/C31H39N5O3.ClH/c1-21(32-2)30(37)34-27-12-9-23-6-4-5-7-28(23)36(31(27)38)20-26-25-11-8-22(19-35-16-14-33-15-17-35)18-24(25)10-13-29(26)39-3;/h4-8,10-11,13,18,21,27,32-33H,9,12,14-17,19-20H2,1-3H3,(H,34,37);1H. The molecule has 2 aliphatic rings. The van der Waals surface area contributed by atoms with Crippen LogP contribution in [0.4, 0.5) is 5.69 Å². The van der Waals surface area contributed by atoms with Gasteiger partial charge >= 0.3 is 0 Å². The molecule has 3 N–H and O–H groups in total. The summed E-state index contributed by atoms with van der Waals surface area (Å²) in [5.74, 6) is 0.462. The van der Waals surface area contributed by atoms with Crippen molar-refractivity contribution in [1.82, 2.24) is 20.9 Å². The SMILES string of the molecule is CNC(C)C(=O)NC1CCc2ccccc2N(Cc2c(OC)ccc3cc(CN4CCNCC4)ccc23)C1=O.Cl. The van der Waals surface area contributed by atoms with Gasteiger partial charge in [-0.2, -0.15) is 0 Å². The highest BCUT2D eigenvalue weighted by Crippen LogP contribution is 2.34. The fraction of sp³-hybridized carbons (Fsp3) is 0.419. The second kappa shape index (κ2) is 13.5. The minimum absolute atomic E-state index is 0. The molecule has 2 unspecified atom stereocenters. The number of nitrogens with one attached hydrogen (secondary N) is 3. The first-order valence-electron chi connectivity index (χ1n) is 13.9. The topological polar surface area (TPSA) is 85.9 Å². The molecular weight excluding hydrogens is 526 g/mol. The third-order valence-electron chi connectivity index (χ3n) is 8.00. The Labute approximate surface area is 242 Å². The van der Waals surface area contributed by atoms with Gasteiger partial charge in [0.15, 0.2) is 0 Å². The number of hydrogen-bond acceptors (Lipinski definition) is 6. The van der Waals surface area contributed by atoms with Crippen LogP contribution in [0.15, 0.2) is 54.6 Å². The van der Waals surface area contributed by atoms with E-state index in [0.717, 1.165) is 66.1 Å². The van der Waals surface area contributed by atoms with Crippen LogP contribution in [0.3, 0.4) is 0 Å². The van der Waals surface area contributed by atoms with E-state index in [-0.39, 0.29) is 30.3 Å². The average Bonchev–Trinajstić information content (AvgIpc) is 3.09. The molecule has 0 spiro atoms. The number of amides is 2. The molecule has 5 rings (SSSR count). The smallest absolute Gasteiger partial charge is 0.249 e. The molecule has 3 aromatic carbocycles. The van der Waals surface area contributed by atoms with Gasteiger partial charge in [0, 0.05) is 44.0 Å². The molecule has 2 heterocycles. The largest absolute Gasteiger partial charge is 0.496 e. The zero-order chi connectivity index (χ0) is 27.4. The van der Waals surface area contributed by atoms with Gasteiger partial charge in [0.25, 0.3) is 0 Å². The molecule has 2 amide bonds. The molecule has 3 aromatic rings. The van der Waals surface area contributed by atoms with Gasteiger partial charge in [-0.3, -0.25) is 14.5 Å². The number of ether oxygens (including phenoxy) is 1. The summed E-state index contributed by atoms with van der Waals surface area (Å²) in [4.78, 5) is 31.0. The van der Waals surface area contributed by atoms with Crippen molar-refractivity contribution in [3.63, 3.8) is 0 Å². The lowest BCUT2D eigenvalue weighted by molar-refractivity contribution is -0.128. The highest BCUT2D eigenvalue weighted by molar-refractivity contribution is 6.01. The van der Waals surface area contributed by atoms with E-state index in [9.17, 15) is 9.59 Å². The second-order valence-corrected chi connectivity index (χ2v) is 10.5.